The molecule has 0 bridgehead atoms. The maximum Gasteiger partial charge on any atom is 0.253 e. The average Bonchev–Trinajstić information content (AvgIpc) is 2.54. The normalized spacial score (nSPS) is 10.2. The van der Waals surface area contributed by atoms with Crippen molar-refractivity contribution in [3.8, 4) is 5.75 Å². The molecule has 0 unspecified atom stereocenters. The monoisotopic (exact) mass is 298 g/mol. The second-order valence-corrected chi connectivity index (χ2v) is 5.42. The van der Waals surface area contributed by atoms with Crippen molar-refractivity contribution >= 4 is 11.6 Å². The Labute approximate surface area is 131 Å². The van der Waals surface area contributed by atoms with Crippen molar-refractivity contribution in [1.82, 2.24) is 4.90 Å². The number of hydrogen-bond donors (Lipinski definition) is 0. The predicted octanol–water partition coefficient (Wildman–Crippen LogP) is 3.03. The minimum atomic E-state index is -0.00499. The Bertz CT molecular complexity index is 653. The molecule has 0 aliphatic heterocycles. The third-order valence-electron chi connectivity index (χ3n) is 3.56. The predicted molar refractivity (Wildman–Crippen MR) is 89.6 cm³/mol. The topological polar surface area (TPSA) is 32.8 Å². The van der Waals surface area contributed by atoms with Crippen LogP contribution in [0.15, 0.2) is 48.5 Å². The summed E-state index contributed by atoms with van der Waals surface area (Å²) >= 11 is 0. The smallest absolute Gasteiger partial charge is 0.253 e. The highest BCUT2D eigenvalue weighted by molar-refractivity contribution is 5.95. The van der Waals surface area contributed by atoms with Crippen LogP contribution in [0.1, 0.15) is 15.9 Å². The quantitative estimate of drug-likeness (QED) is 0.850. The number of amides is 1. The van der Waals surface area contributed by atoms with Crippen molar-refractivity contribution in [2.45, 2.75) is 6.54 Å². The summed E-state index contributed by atoms with van der Waals surface area (Å²) in [4.78, 5) is 16.3. The average molecular weight is 298 g/mol. The van der Waals surface area contributed by atoms with Crippen LogP contribution in [0.2, 0.25) is 0 Å². The molecule has 0 aromatic heterocycles. The third-order valence-corrected chi connectivity index (χ3v) is 3.56. The van der Waals surface area contributed by atoms with Gasteiger partial charge in [0.1, 0.15) is 5.75 Å². The van der Waals surface area contributed by atoms with E-state index < -0.39 is 0 Å². The van der Waals surface area contributed by atoms with Crippen molar-refractivity contribution in [3.63, 3.8) is 0 Å². The molecule has 0 atom stereocenters. The van der Waals surface area contributed by atoms with Gasteiger partial charge in [-0.2, -0.15) is 0 Å². The van der Waals surface area contributed by atoms with Crippen LogP contribution in [0.3, 0.4) is 0 Å². The zero-order chi connectivity index (χ0) is 16.1. The SMILES string of the molecule is COc1ccccc1CN(C)C(=O)c1cccc(N(C)C)c1. The van der Waals surface area contributed by atoms with Crippen molar-refractivity contribution in [3.05, 3.63) is 59.7 Å². The second kappa shape index (κ2) is 6.98. The first-order valence-corrected chi connectivity index (χ1v) is 7.17. The summed E-state index contributed by atoms with van der Waals surface area (Å²) in [6, 6.07) is 15.4. The van der Waals surface area contributed by atoms with Crippen molar-refractivity contribution in [2.75, 3.05) is 33.2 Å². The van der Waals surface area contributed by atoms with E-state index in [1.54, 1.807) is 19.1 Å². The van der Waals surface area contributed by atoms with Gasteiger partial charge in [0, 0.05) is 44.5 Å². The van der Waals surface area contributed by atoms with E-state index in [0.717, 1.165) is 17.0 Å². The van der Waals surface area contributed by atoms with Crippen LogP contribution in [0.5, 0.6) is 5.75 Å². The molecule has 0 heterocycles. The van der Waals surface area contributed by atoms with Gasteiger partial charge in [-0.25, -0.2) is 0 Å². The fourth-order valence-electron chi connectivity index (χ4n) is 2.30. The maximum atomic E-state index is 12.6. The van der Waals surface area contributed by atoms with Crippen molar-refractivity contribution in [2.24, 2.45) is 0 Å². The molecule has 1 amide bonds. The fourth-order valence-corrected chi connectivity index (χ4v) is 2.30. The molecule has 0 aliphatic carbocycles. The number of carbonyl (C=O) groups excluding carboxylic acids is 1. The largest absolute Gasteiger partial charge is 0.496 e. The Hall–Kier alpha value is -2.49. The van der Waals surface area contributed by atoms with Crippen LogP contribution in [-0.4, -0.2) is 39.1 Å². The van der Waals surface area contributed by atoms with Gasteiger partial charge in [0.2, 0.25) is 0 Å². The van der Waals surface area contributed by atoms with E-state index in [1.165, 1.54) is 0 Å². The van der Waals surface area contributed by atoms with E-state index in [4.69, 9.17) is 4.74 Å². The number of para-hydroxylation sites is 1. The Balaban J connectivity index is 2.17. The van der Waals surface area contributed by atoms with Gasteiger partial charge < -0.3 is 14.5 Å². The number of nitrogens with zero attached hydrogens (tertiary/aromatic N) is 2. The lowest BCUT2D eigenvalue weighted by Gasteiger charge is -2.20. The first-order valence-electron chi connectivity index (χ1n) is 7.17. The molecule has 116 valence electrons. The van der Waals surface area contributed by atoms with Crippen LogP contribution in [0.25, 0.3) is 0 Å². The van der Waals surface area contributed by atoms with Gasteiger partial charge in [0.05, 0.1) is 7.11 Å². The number of carbonyl (C=O) groups is 1. The molecule has 22 heavy (non-hydrogen) atoms. The molecule has 0 fully saturated rings. The molecule has 0 saturated heterocycles. The van der Waals surface area contributed by atoms with Gasteiger partial charge >= 0.3 is 0 Å². The standard InChI is InChI=1S/C18H22N2O2/c1-19(2)16-10-7-9-14(12-16)18(21)20(3)13-15-8-5-6-11-17(15)22-4/h5-12H,13H2,1-4H3. The molecule has 2 aromatic rings. The lowest BCUT2D eigenvalue weighted by molar-refractivity contribution is 0.0784. The minimum absolute atomic E-state index is 0.00499. The van der Waals surface area contributed by atoms with Gasteiger partial charge in [-0.15, -0.1) is 0 Å². The number of benzene rings is 2. The molecule has 4 heteroatoms. The minimum Gasteiger partial charge on any atom is -0.496 e. The van der Waals surface area contributed by atoms with Crippen LogP contribution >= 0.6 is 0 Å². The zero-order valence-corrected chi connectivity index (χ0v) is 13.5. The first-order chi connectivity index (χ1) is 10.5. The van der Waals surface area contributed by atoms with Gasteiger partial charge in [0.15, 0.2) is 0 Å². The highest BCUT2D eigenvalue weighted by Crippen LogP contribution is 2.20. The van der Waals surface area contributed by atoms with Crippen LogP contribution in [0.4, 0.5) is 5.69 Å². The maximum absolute atomic E-state index is 12.6. The Morgan fingerprint density at radius 3 is 2.45 bits per heavy atom. The van der Waals surface area contributed by atoms with Gasteiger partial charge in [0.25, 0.3) is 5.91 Å². The summed E-state index contributed by atoms with van der Waals surface area (Å²) in [5, 5.41) is 0. The second-order valence-electron chi connectivity index (χ2n) is 5.42. The number of hydrogen-bond acceptors (Lipinski definition) is 3. The molecule has 0 spiro atoms. The fraction of sp³-hybridized carbons (Fsp3) is 0.278. The van der Waals surface area contributed by atoms with Gasteiger partial charge in [-0.1, -0.05) is 24.3 Å². The molecule has 2 aromatic carbocycles. The van der Waals surface area contributed by atoms with E-state index in [-0.39, 0.29) is 5.91 Å². The third kappa shape index (κ3) is 3.58. The summed E-state index contributed by atoms with van der Waals surface area (Å²) < 4.78 is 5.34. The van der Waals surface area contributed by atoms with Crippen LogP contribution in [0, 0.1) is 0 Å². The number of rotatable bonds is 5. The molecule has 2 rings (SSSR count). The van der Waals surface area contributed by atoms with Crippen molar-refractivity contribution in [1.29, 1.82) is 0 Å². The van der Waals surface area contributed by atoms with Crippen LogP contribution < -0.4 is 9.64 Å². The van der Waals surface area contributed by atoms with Crippen LogP contribution in [-0.2, 0) is 6.54 Å². The van der Waals surface area contributed by atoms with E-state index >= 15 is 0 Å². The van der Waals surface area contributed by atoms with E-state index in [0.29, 0.717) is 12.1 Å². The summed E-state index contributed by atoms with van der Waals surface area (Å²) in [7, 11) is 7.36. The Morgan fingerprint density at radius 1 is 1.05 bits per heavy atom. The van der Waals surface area contributed by atoms with Gasteiger partial charge in [-0.3, -0.25) is 4.79 Å². The molecule has 0 saturated carbocycles. The molecule has 4 nitrogen and oxygen atoms in total. The molecule has 0 N–H and O–H groups in total. The number of anilines is 1. The van der Waals surface area contributed by atoms with E-state index in [9.17, 15) is 4.79 Å². The number of methoxy groups -OCH3 is 1. The summed E-state index contributed by atoms with van der Waals surface area (Å²) in [5.74, 6) is 0.791. The highest BCUT2D eigenvalue weighted by Gasteiger charge is 2.14. The van der Waals surface area contributed by atoms with Gasteiger partial charge in [-0.05, 0) is 24.3 Å². The summed E-state index contributed by atoms with van der Waals surface area (Å²) in [5.41, 5.74) is 2.68. The lowest BCUT2D eigenvalue weighted by atomic mass is 10.1. The van der Waals surface area contributed by atoms with E-state index in [2.05, 4.69) is 0 Å². The summed E-state index contributed by atoms with van der Waals surface area (Å²) in [6.07, 6.45) is 0. The molecule has 0 radical (unpaired) electrons. The molecular formula is C18H22N2O2. The highest BCUT2D eigenvalue weighted by atomic mass is 16.5. The lowest BCUT2D eigenvalue weighted by Crippen LogP contribution is -2.26. The Morgan fingerprint density at radius 2 is 1.77 bits per heavy atom. The van der Waals surface area contributed by atoms with E-state index in [1.807, 2.05) is 67.5 Å². The number of ether oxygens (including phenoxy) is 1. The van der Waals surface area contributed by atoms with Crippen molar-refractivity contribution < 1.29 is 9.53 Å². The summed E-state index contributed by atoms with van der Waals surface area (Å²) in [6.45, 7) is 0.509. The molecular weight excluding hydrogens is 276 g/mol. The molecule has 0 aliphatic rings. The first kappa shape index (κ1) is 15.9. The Kier molecular flexibility index (Phi) is 5.04. The zero-order valence-electron chi connectivity index (χ0n) is 13.5.